The Bertz CT molecular complexity index is 613. The number of rotatable bonds is 2. The first-order valence-corrected chi connectivity index (χ1v) is 7.42. The van der Waals surface area contributed by atoms with Crippen molar-refractivity contribution in [2.45, 2.75) is 38.1 Å². The van der Waals surface area contributed by atoms with Crippen molar-refractivity contribution < 1.29 is 8.78 Å². The second kappa shape index (κ2) is 5.57. The Morgan fingerprint density at radius 2 is 1.48 bits per heavy atom. The Kier molecular flexibility index (Phi) is 3.77. The summed E-state index contributed by atoms with van der Waals surface area (Å²) in [7, 11) is 0. The molecule has 0 saturated carbocycles. The summed E-state index contributed by atoms with van der Waals surface area (Å²) in [6.07, 6.45) is 2.26. The smallest absolute Gasteiger partial charge is 0.123 e. The first kappa shape index (κ1) is 14.2. The molecule has 110 valence electrons. The van der Waals surface area contributed by atoms with Crippen molar-refractivity contribution in [3.63, 3.8) is 0 Å². The standard InChI is InChI=1S/C18H19F2N/c1-2-17(21)18-15-7-5-13(19)9-11(15)3-4-12-10-14(20)6-8-16(12)18/h5-10,17-18H,2-4,21H2,1H3. The number of halogens is 2. The van der Waals surface area contributed by atoms with Gasteiger partial charge in [-0.2, -0.15) is 0 Å². The van der Waals surface area contributed by atoms with Crippen LogP contribution < -0.4 is 5.73 Å². The number of aryl methyl sites for hydroxylation is 2. The molecule has 0 spiro atoms. The lowest BCUT2D eigenvalue weighted by Gasteiger charge is -2.26. The van der Waals surface area contributed by atoms with Crippen molar-refractivity contribution in [1.82, 2.24) is 0 Å². The molecule has 0 saturated heterocycles. The molecule has 21 heavy (non-hydrogen) atoms. The normalized spacial score (nSPS) is 16.0. The molecule has 0 amide bonds. The zero-order valence-electron chi connectivity index (χ0n) is 12.1. The number of fused-ring (bicyclic) bond motifs is 2. The second-order valence-corrected chi connectivity index (χ2v) is 5.74. The van der Waals surface area contributed by atoms with Gasteiger partial charge in [0, 0.05) is 12.0 Å². The van der Waals surface area contributed by atoms with Gasteiger partial charge in [0.25, 0.3) is 0 Å². The van der Waals surface area contributed by atoms with Gasteiger partial charge in [-0.05, 0) is 65.8 Å². The van der Waals surface area contributed by atoms with Crippen LogP contribution in [0.25, 0.3) is 0 Å². The first-order chi connectivity index (χ1) is 10.1. The molecule has 0 fully saturated rings. The summed E-state index contributed by atoms with van der Waals surface area (Å²) >= 11 is 0. The molecule has 1 aliphatic carbocycles. The third-order valence-corrected chi connectivity index (χ3v) is 4.44. The molecule has 0 bridgehead atoms. The van der Waals surface area contributed by atoms with Crippen molar-refractivity contribution in [3.05, 3.63) is 70.3 Å². The average molecular weight is 287 g/mol. The number of benzene rings is 2. The molecule has 2 aromatic carbocycles. The fraction of sp³-hybridized carbons (Fsp3) is 0.333. The molecular weight excluding hydrogens is 268 g/mol. The minimum atomic E-state index is -0.227. The molecular formula is C18H19F2N. The molecule has 3 heteroatoms. The van der Waals surface area contributed by atoms with Crippen LogP contribution in [0.15, 0.2) is 36.4 Å². The van der Waals surface area contributed by atoms with E-state index >= 15 is 0 Å². The van der Waals surface area contributed by atoms with Gasteiger partial charge in [-0.25, -0.2) is 8.78 Å². The Labute approximate surface area is 123 Å². The molecule has 0 heterocycles. The zero-order valence-corrected chi connectivity index (χ0v) is 12.1. The van der Waals surface area contributed by atoms with Gasteiger partial charge in [-0.3, -0.25) is 0 Å². The van der Waals surface area contributed by atoms with Crippen LogP contribution in [0.5, 0.6) is 0 Å². The molecule has 1 aliphatic rings. The summed E-state index contributed by atoms with van der Waals surface area (Å²) in [6.45, 7) is 2.04. The summed E-state index contributed by atoms with van der Waals surface area (Å²) in [5.41, 5.74) is 10.5. The molecule has 2 aromatic rings. The number of hydrogen-bond donors (Lipinski definition) is 1. The summed E-state index contributed by atoms with van der Waals surface area (Å²) in [4.78, 5) is 0. The van der Waals surface area contributed by atoms with Crippen LogP contribution in [0.4, 0.5) is 8.78 Å². The van der Waals surface area contributed by atoms with Gasteiger partial charge in [0.05, 0.1) is 0 Å². The minimum absolute atomic E-state index is 0.00343. The lowest BCUT2D eigenvalue weighted by molar-refractivity contribution is 0.568. The van der Waals surface area contributed by atoms with Crippen molar-refractivity contribution in [1.29, 1.82) is 0 Å². The van der Waals surface area contributed by atoms with Crippen LogP contribution in [0.2, 0.25) is 0 Å². The fourth-order valence-corrected chi connectivity index (χ4v) is 3.32. The summed E-state index contributed by atoms with van der Waals surface area (Å²) in [5.74, 6) is -0.451. The Hall–Kier alpha value is -1.74. The predicted molar refractivity (Wildman–Crippen MR) is 80.3 cm³/mol. The molecule has 3 rings (SSSR count). The van der Waals surface area contributed by atoms with E-state index in [1.807, 2.05) is 19.1 Å². The number of hydrogen-bond acceptors (Lipinski definition) is 1. The van der Waals surface area contributed by atoms with E-state index < -0.39 is 0 Å². The van der Waals surface area contributed by atoms with Crippen molar-refractivity contribution in [2.24, 2.45) is 5.73 Å². The van der Waals surface area contributed by atoms with Crippen molar-refractivity contribution in [3.8, 4) is 0 Å². The Morgan fingerprint density at radius 1 is 1.00 bits per heavy atom. The highest BCUT2D eigenvalue weighted by Crippen LogP contribution is 2.37. The lowest BCUT2D eigenvalue weighted by Crippen LogP contribution is -2.29. The summed E-state index contributed by atoms with van der Waals surface area (Å²) in [6, 6.07) is 9.77. The fourth-order valence-electron chi connectivity index (χ4n) is 3.32. The molecule has 1 unspecified atom stereocenters. The van der Waals surface area contributed by atoms with Gasteiger partial charge in [0.15, 0.2) is 0 Å². The maximum atomic E-state index is 13.5. The third-order valence-electron chi connectivity index (χ3n) is 4.44. The van der Waals surface area contributed by atoms with E-state index in [9.17, 15) is 8.78 Å². The quantitative estimate of drug-likeness (QED) is 0.889. The second-order valence-electron chi connectivity index (χ2n) is 5.74. The van der Waals surface area contributed by atoms with E-state index in [0.29, 0.717) is 0 Å². The van der Waals surface area contributed by atoms with Crippen LogP contribution in [0.1, 0.15) is 41.5 Å². The summed E-state index contributed by atoms with van der Waals surface area (Å²) < 4.78 is 27.1. The predicted octanol–water partition coefficient (Wildman–Crippen LogP) is 3.93. The SMILES string of the molecule is CCC(N)C1c2ccc(F)cc2CCc2cc(F)ccc21. The van der Waals surface area contributed by atoms with E-state index in [2.05, 4.69) is 0 Å². The monoisotopic (exact) mass is 287 g/mol. The molecule has 1 nitrogen and oxygen atoms in total. The van der Waals surface area contributed by atoms with Gasteiger partial charge in [-0.1, -0.05) is 19.1 Å². The van der Waals surface area contributed by atoms with E-state index in [1.165, 1.54) is 12.1 Å². The molecule has 0 aliphatic heterocycles. The van der Waals surface area contributed by atoms with Gasteiger partial charge in [0.2, 0.25) is 0 Å². The van der Waals surface area contributed by atoms with Gasteiger partial charge in [-0.15, -0.1) is 0 Å². The maximum absolute atomic E-state index is 13.5. The lowest BCUT2D eigenvalue weighted by atomic mass is 9.82. The molecule has 1 atom stereocenters. The van der Waals surface area contributed by atoms with Gasteiger partial charge >= 0.3 is 0 Å². The topological polar surface area (TPSA) is 26.0 Å². The average Bonchev–Trinajstić information content (AvgIpc) is 2.63. The van der Waals surface area contributed by atoms with E-state index in [-0.39, 0.29) is 23.6 Å². The highest BCUT2D eigenvalue weighted by Gasteiger charge is 2.28. The highest BCUT2D eigenvalue weighted by molar-refractivity contribution is 5.46. The summed E-state index contributed by atoms with van der Waals surface area (Å²) in [5, 5.41) is 0. The minimum Gasteiger partial charge on any atom is -0.327 e. The first-order valence-electron chi connectivity index (χ1n) is 7.42. The van der Waals surface area contributed by atoms with Crippen molar-refractivity contribution >= 4 is 0 Å². The highest BCUT2D eigenvalue weighted by atomic mass is 19.1. The third kappa shape index (κ3) is 2.58. The van der Waals surface area contributed by atoms with Crippen molar-refractivity contribution in [2.75, 3.05) is 0 Å². The maximum Gasteiger partial charge on any atom is 0.123 e. The van der Waals surface area contributed by atoms with E-state index in [4.69, 9.17) is 5.73 Å². The van der Waals surface area contributed by atoms with E-state index in [0.717, 1.165) is 41.5 Å². The van der Waals surface area contributed by atoms with E-state index in [1.54, 1.807) is 12.1 Å². The van der Waals surface area contributed by atoms with Crippen LogP contribution in [-0.4, -0.2) is 6.04 Å². The molecule has 2 N–H and O–H groups in total. The van der Waals surface area contributed by atoms with Gasteiger partial charge < -0.3 is 5.73 Å². The van der Waals surface area contributed by atoms with Gasteiger partial charge in [0.1, 0.15) is 11.6 Å². The zero-order chi connectivity index (χ0) is 15.0. The van der Waals surface area contributed by atoms with Crippen LogP contribution in [-0.2, 0) is 12.8 Å². The largest absolute Gasteiger partial charge is 0.327 e. The van der Waals surface area contributed by atoms with Crippen LogP contribution >= 0.6 is 0 Å². The number of nitrogens with two attached hydrogens (primary N) is 1. The van der Waals surface area contributed by atoms with Crippen LogP contribution in [0, 0.1) is 11.6 Å². The van der Waals surface area contributed by atoms with Crippen LogP contribution in [0.3, 0.4) is 0 Å². The Balaban J connectivity index is 2.20. The molecule has 0 aromatic heterocycles. The molecule has 0 radical (unpaired) electrons. The Morgan fingerprint density at radius 3 is 1.90 bits per heavy atom.